The van der Waals surface area contributed by atoms with Gasteiger partial charge in [0.25, 0.3) is 0 Å². The molecule has 0 radical (unpaired) electrons. The first-order valence-electron chi connectivity index (χ1n) is 6.02. The number of hydrogen-bond donors (Lipinski definition) is 2. The Balaban J connectivity index is 2.13. The molecular weight excluding hydrogens is 252 g/mol. The molecule has 2 N–H and O–H groups in total. The van der Waals surface area contributed by atoms with E-state index in [1.54, 1.807) is 13.8 Å². The maximum Gasteiger partial charge on any atom is 0.326 e. The van der Waals surface area contributed by atoms with Crippen molar-refractivity contribution in [1.29, 1.82) is 0 Å². The van der Waals surface area contributed by atoms with Crippen LogP contribution in [0.5, 0.6) is 0 Å². The van der Waals surface area contributed by atoms with Crippen molar-refractivity contribution in [2.45, 2.75) is 38.8 Å². The average molecular weight is 268 g/mol. The largest absolute Gasteiger partial charge is 0.480 e. The first-order chi connectivity index (χ1) is 8.90. The van der Waals surface area contributed by atoms with Crippen LogP contribution in [0.15, 0.2) is 4.52 Å². The van der Waals surface area contributed by atoms with Gasteiger partial charge in [0.1, 0.15) is 11.8 Å². The van der Waals surface area contributed by atoms with Crippen molar-refractivity contribution in [3.8, 4) is 0 Å². The van der Waals surface area contributed by atoms with Crippen LogP contribution in [0.1, 0.15) is 23.4 Å². The summed E-state index contributed by atoms with van der Waals surface area (Å²) in [4.78, 5) is 24.4. The van der Waals surface area contributed by atoms with Gasteiger partial charge in [0.2, 0.25) is 5.91 Å². The molecule has 0 bridgehead atoms. The maximum atomic E-state index is 12.2. The number of rotatable bonds is 3. The van der Waals surface area contributed by atoms with Gasteiger partial charge in [0.05, 0.1) is 18.2 Å². The minimum Gasteiger partial charge on any atom is -0.480 e. The molecule has 1 aromatic heterocycles. The molecule has 7 heteroatoms. The number of aliphatic hydroxyl groups is 1. The van der Waals surface area contributed by atoms with Crippen LogP contribution in [-0.2, 0) is 16.0 Å². The van der Waals surface area contributed by atoms with Gasteiger partial charge in [-0.25, -0.2) is 4.79 Å². The van der Waals surface area contributed by atoms with E-state index >= 15 is 0 Å². The summed E-state index contributed by atoms with van der Waals surface area (Å²) in [5, 5.41) is 22.3. The zero-order valence-corrected chi connectivity index (χ0v) is 10.8. The van der Waals surface area contributed by atoms with Gasteiger partial charge >= 0.3 is 5.97 Å². The van der Waals surface area contributed by atoms with Crippen molar-refractivity contribution in [1.82, 2.24) is 10.1 Å². The number of carboxylic acids is 1. The van der Waals surface area contributed by atoms with Crippen molar-refractivity contribution < 1.29 is 24.3 Å². The Kier molecular flexibility index (Phi) is 3.57. The van der Waals surface area contributed by atoms with Crippen LogP contribution in [-0.4, -0.2) is 50.8 Å². The molecule has 1 aliphatic heterocycles. The molecule has 104 valence electrons. The number of aryl methyl sites for hydroxylation is 2. The second kappa shape index (κ2) is 5.00. The number of amides is 1. The van der Waals surface area contributed by atoms with E-state index in [-0.39, 0.29) is 25.3 Å². The molecule has 2 rings (SSSR count). The molecule has 1 aliphatic rings. The lowest BCUT2D eigenvalue weighted by Gasteiger charge is -2.21. The highest BCUT2D eigenvalue weighted by molar-refractivity contribution is 5.86. The Morgan fingerprint density at radius 2 is 2.16 bits per heavy atom. The second-order valence-electron chi connectivity index (χ2n) is 4.77. The summed E-state index contributed by atoms with van der Waals surface area (Å²) in [6.07, 6.45) is -0.671. The number of carbonyl (C=O) groups excluding carboxylic acids is 1. The van der Waals surface area contributed by atoms with Gasteiger partial charge in [-0.05, 0) is 13.8 Å². The summed E-state index contributed by atoms with van der Waals surface area (Å²) < 4.78 is 4.97. The summed E-state index contributed by atoms with van der Waals surface area (Å²) >= 11 is 0. The van der Waals surface area contributed by atoms with E-state index in [2.05, 4.69) is 5.16 Å². The lowest BCUT2D eigenvalue weighted by atomic mass is 10.1. The highest BCUT2D eigenvalue weighted by Gasteiger charge is 2.39. The number of hydrogen-bond acceptors (Lipinski definition) is 5. The first kappa shape index (κ1) is 13.5. The summed E-state index contributed by atoms with van der Waals surface area (Å²) in [6, 6.07) is -0.956. The molecule has 1 saturated heterocycles. The number of aromatic nitrogens is 1. The molecule has 1 fully saturated rings. The number of carboxylic acid groups (broad SMARTS) is 1. The zero-order valence-electron chi connectivity index (χ0n) is 10.8. The predicted molar refractivity (Wildman–Crippen MR) is 63.4 cm³/mol. The average Bonchev–Trinajstić information content (AvgIpc) is 2.87. The van der Waals surface area contributed by atoms with Gasteiger partial charge in [-0.1, -0.05) is 5.16 Å². The van der Waals surface area contributed by atoms with Crippen molar-refractivity contribution in [3.05, 3.63) is 17.0 Å². The number of likely N-dealkylation sites (tertiary alicyclic amines) is 1. The van der Waals surface area contributed by atoms with E-state index in [4.69, 9.17) is 9.63 Å². The smallest absolute Gasteiger partial charge is 0.326 e. The van der Waals surface area contributed by atoms with Crippen LogP contribution < -0.4 is 0 Å². The number of nitrogens with zero attached hydrogens (tertiary/aromatic N) is 2. The third-order valence-corrected chi connectivity index (χ3v) is 3.39. The lowest BCUT2D eigenvalue weighted by Crippen LogP contribution is -2.41. The molecule has 0 aliphatic carbocycles. The summed E-state index contributed by atoms with van der Waals surface area (Å²) in [5.41, 5.74) is 1.30. The molecule has 1 aromatic rings. The van der Waals surface area contributed by atoms with Crippen LogP contribution in [0.4, 0.5) is 0 Å². The van der Waals surface area contributed by atoms with Gasteiger partial charge in [-0.2, -0.15) is 0 Å². The fourth-order valence-corrected chi connectivity index (χ4v) is 2.33. The molecular formula is C12H16N2O5. The van der Waals surface area contributed by atoms with Crippen LogP contribution in [0, 0.1) is 13.8 Å². The van der Waals surface area contributed by atoms with Crippen LogP contribution in [0.2, 0.25) is 0 Å². The zero-order chi connectivity index (χ0) is 14.2. The van der Waals surface area contributed by atoms with Gasteiger partial charge in [0, 0.05) is 18.5 Å². The minimum atomic E-state index is -1.09. The number of carbonyl (C=O) groups is 2. The molecule has 1 amide bonds. The molecule has 2 heterocycles. The maximum absolute atomic E-state index is 12.2. The fraction of sp³-hybridized carbons (Fsp3) is 0.583. The number of aliphatic hydroxyl groups excluding tert-OH is 1. The fourth-order valence-electron chi connectivity index (χ4n) is 2.33. The lowest BCUT2D eigenvalue weighted by molar-refractivity contribution is -0.148. The van der Waals surface area contributed by atoms with Crippen LogP contribution in [0.25, 0.3) is 0 Å². The SMILES string of the molecule is Cc1noc(C)c1CC(=O)N1C[C@H](O)C[C@@H]1C(=O)O. The topological polar surface area (TPSA) is 104 Å². The summed E-state index contributed by atoms with van der Waals surface area (Å²) in [6.45, 7) is 3.49. The Morgan fingerprint density at radius 1 is 1.47 bits per heavy atom. The summed E-state index contributed by atoms with van der Waals surface area (Å²) in [5.74, 6) is -0.875. The Bertz CT molecular complexity index is 491. The molecule has 0 saturated carbocycles. The van der Waals surface area contributed by atoms with Crippen molar-refractivity contribution in [2.75, 3.05) is 6.54 Å². The van der Waals surface area contributed by atoms with E-state index in [0.29, 0.717) is 17.0 Å². The van der Waals surface area contributed by atoms with Crippen molar-refractivity contribution in [2.24, 2.45) is 0 Å². The van der Waals surface area contributed by atoms with Gasteiger partial charge in [-0.3, -0.25) is 4.79 Å². The third-order valence-electron chi connectivity index (χ3n) is 3.39. The van der Waals surface area contributed by atoms with E-state index in [1.165, 1.54) is 4.90 Å². The highest BCUT2D eigenvalue weighted by atomic mass is 16.5. The quantitative estimate of drug-likeness (QED) is 0.792. The standard InChI is InChI=1S/C12H16N2O5/c1-6-9(7(2)19-13-6)4-11(16)14-5-8(15)3-10(14)12(17)18/h8,10,15H,3-5H2,1-2H3,(H,17,18)/t8-,10-/m1/s1. The Morgan fingerprint density at radius 3 is 2.68 bits per heavy atom. The molecule has 2 atom stereocenters. The first-order valence-corrected chi connectivity index (χ1v) is 6.02. The van der Waals surface area contributed by atoms with Crippen molar-refractivity contribution in [3.63, 3.8) is 0 Å². The highest BCUT2D eigenvalue weighted by Crippen LogP contribution is 2.21. The monoisotopic (exact) mass is 268 g/mol. The van der Waals surface area contributed by atoms with Crippen LogP contribution in [0.3, 0.4) is 0 Å². The van der Waals surface area contributed by atoms with Gasteiger partial charge in [-0.15, -0.1) is 0 Å². The Hall–Kier alpha value is -1.89. The third kappa shape index (κ3) is 2.60. The van der Waals surface area contributed by atoms with Gasteiger partial charge < -0.3 is 19.6 Å². The number of β-amino-alcohol motifs (C(OH)–C–C–N with tert-alkyl or cyclic N) is 1. The van der Waals surface area contributed by atoms with Gasteiger partial charge in [0.15, 0.2) is 0 Å². The summed E-state index contributed by atoms with van der Waals surface area (Å²) in [7, 11) is 0. The molecule has 19 heavy (non-hydrogen) atoms. The van der Waals surface area contributed by atoms with E-state index in [9.17, 15) is 14.7 Å². The number of aliphatic carboxylic acids is 1. The Labute approximate surface area is 109 Å². The second-order valence-corrected chi connectivity index (χ2v) is 4.77. The van der Waals surface area contributed by atoms with E-state index in [1.807, 2.05) is 0 Å². The van der Waals surface area contributed by atoms with Crippen molar-refractivity contribution >= 4 is 11.9 Å². The predicted octanol–water partition coefficient (Wildman–Crippen LogP) is -0.120. The molecule has 7 nitrogen and oxygen atoms in total. The molecule has 0 aromatic carbocycles. The molecule has 0 unspecified atom stereocenters. The van der Waals surface area contributed by atoms with E-state index in [0.717, 1.165) is 0 Å². The van der Waals surface area contributed by atoms with Crippen LogP contribution >= 0.6 is 0 Å². The minimum absolute atomic E-state index is 0.0394. The molecule has 0 spiro atoms. The normalized spacial score (nSPS) is 22.8. The van der Waals surface area contributed by atoms with E-state index < -0.39 is 18.1 Å².